The van der Waals surface area contributed by atoms with Crippen LogP contribution in [0.2, 0.25) is 5.02 Å². The van der Waals surface area contributed by atoms with Crippen LogP contribution >= 0.6 is 23.4 Å². The van der Waals surface area contributed by atoms with Gasteiger partial charge in [0, 0.05) is 29.0 Å². The molecular formula is C35H37ClNNaO3S. The van der Waals surface area contributed by atoms with Gasteiger partial charge in [0.05, 0.1) is 16.8 Å². The molecule has 0 amide bonds. The minimum atomic E-state index is -0.961. The molecule has 1 unspecified atom stereocenters. The third kappa shape index (κ3) is 8.49. The molecule has 0 bridgehead atoms. The third-order valence-corrected chi connectivity index (χ3v) is 9.00. The van der Waals surface area contributed by atoms with E-state index >= 15 is 0 Å². The van der Waals surface area contributed by atoms with Crippen LogP contribution in [0.25, 0.3) is 23.1 Å². The zero-order valence-electron chi connectivity index (χ0n) is 23.8. The quantitative estimate of drug-likeness (QED) is 0.106. The van der Waals surface area contributed by atoms with Crippen LogP contribution in [0.4, 0.5) is 0 Å². The molecule has 214 valence electrons. The summed E-state index contributed by atoms with van der Waals surface area (Å²) in [4.78, 5) is 16.3. The van der Waals surface area contributed by atoms with Gasteiger partial charge in [-0.05, 0) is 85.4 Å². The van der Waals surface area contributed by atoms with Crippen LogP contribution in [0.1, 0.15) is 73.9 Å². The SMILES string of the molecule is CC(=O)OC1(CSCCC(c2cccc(/C=C/c3ccc4ccc(Cl)cc4n3)c2)c2ccccc2C(C)(C)O)CC1.[NaH]. The molecule has 1 aliphatic rings. The summed E-state index contributed by atoms with van der Waals surface area (Å²) in [5.41, 5.74) is 4.86. The van der Waals surface area contributed by atoms with Gasteiger partial charge in [-0.2, -0.15) is 11.8 Å². The Morgan fingerprint density at radius 1 is 1.07 bits per heavy atom. The number of pyridine rings is 1. The maximum absolute atomic E-state index is 11.5. The van der Waals surface area contributed by atoms with E-state index in [1.807, 2.05) is 74.1 Å². The minimum absolute atomic E-state index is 0. The fourth-order valence-electron chi connectivity index (χ4n) is 5.30. The predicted molar refractivity (Wildman–Crippen MR) is 178 cm³/mol. The normalized spacial score (nSPS) is 14.9. The predicted octanol–water partition coefficient (Wildman–Crippen LogP) is 7.99. The molecule has 4 nitrogen and oxygen atoms in total. The zero-order chi connectivity index (χ0) is 29.0. The molecule has 0 aliphatic heterocycles. The van der Waals surface area contributed by atoms with Gasteiger partial charge in [0.2, 0.25) is 0 Å². The number of hydrogen-bond donors (Lipinski definition) is 1. The first kappa shape index (κ1) is 32.8. The van der Waals surface area contributed by atoms with Crippen molar-refractivity contribution in [1.29, 1.82) is 0 Å². The average molecular weight is 610 g/mol. The van der Waals surface area contributed by atoms with Crippen molar-refractivity contribution in [2.75, 3.05) is 11.5 Å². The van der Waals surface area contributed by atoms with Crippen molar-refractivity contribution in [3.63, 3.8) is 0 Å². The third-order valence-electron chi connectivity index (χ3n) is 7.51. The number of aliphatic hydroxyl groups is 1. The summed E-state index contributed by atoms with van der Waals surface area (Å²) in [6, 6.07) is 26.6. The number of benzene rings is 3. The van der Waals surface area contributed by atoms with E-state index in [0.29, 0.717) is 5.02 Å². The number of carbonyl (C=O) groups is 1. The van der Waals surface area contributed by atoms with Crippen molar-refractivity contribution in [3.05, 3.63) is 112 Å². The number of nitrogens with zero attached hydrogens (tertiary/aromatic N) is 1. The van der Waals surface area contributed by atoms with Gasteiger partial charge < -0.3 is 9.84 Å². The number of aromatic nitrogens is 1. The van der Waals surface area contributed by atoms with Crippen LogP contribution in [0, 0.1) is 0 Å². The van der Waals surface area contributed by atoms with Gasteiger partial charge >= 0.3 is 35.5 Å². The van der Waals surface area contributed by atoms with Crippen LogP contribution in [-0.2, 0) is 15.1 Å². The van der Waals surface area contributed by atoms with E-state index in [4.69, 9.17) is 21.3 Å². The topological polar surface area (TPSA) is 59.4 Å². The number of esters is 1. The van der Waals surface area contributed by atoms with E-state index < -0.39 is 5.60 Å². The van der Waals surface area contributed by atoms with E-state index in [0.717, 1.165) is 64.1 Å². The monoisotopic (exact) mass is 609 g/mol. The number of halogens is 1. The first-order valence-electron chi connectivity index (χ1n) is 14.1. The fraction of sp³-hybridized carbons (Fsp3) is 0.314. The Morgan fingerprint density at radius 2 is 1.83 bits per heavy atom. The van der Waals surface area contributed by atoms with E-state index in [9.17, 15) is 9.90 Å². The number of thioether (sulfide) groups is 1. The molecule has 1 N–H and O–H groups in total. The van der Waals surface area contributed by atoms with Crippen molar-refractivity contribution >= 4 is 81.9 Å². The molecule has 1 atom stereocenters. The fourth-order valence-corrected chi connectivity index (χ4v) is 6.73. The molecule has 42 heavy (non-hydrogen) atoms. The van der Waals surface area contributed by atoms with Crippen molar-refractivity contribution in [2.45, 2.75) is 57.2 Å². The maximum atomic E-state index is 11.5. The van der Waals surface area contributed by atoms with Gasteiger partial charge in [-0.1, -0.05) is 78.3 Å². The molecule has 4 aromatic rings. The Labute approximate surface area is 280 Å². The first-order chi connectivity index (χ1) is 19.6. The Kier molecular flexibility index (Phi) is 11.0. The van der Waals surface area contributed by atoms with Gasteiger partial charge in [-0.25, -0.2) is 4.98 Å². The van der Waals surface area contributed by atoms with E-state index in [1.165, 1.54) is 12.5 Å². The molecule has 3 aromatic carbocycles. The van der Waals surface area contributed by atoms with Crippen LogP contribution in [-0.4, -0.2) is 62.7 Å². The number of hydrogen-bond acceptors (Lipinski definition) is 5. The number of fused-ring (bicyclic) bond motifs is 1. The van der Waals surface area contributed by atoms with Gasteiger partial charge in [0.15, 0.2) is 0 Å². The standard InChI is InChI=1S/C35H36ClNO3S.Na.H/c1-24(38)40-35(18-19-35)23-41-20-17-30(31-9-4-5-10-32(31)34(2,3)39)27-8-6-7-25(21-27)11-15-29-16-13-26-12-14-28(36)22-33(26)37-29;;/h4-16,21-22,30,39H,17-20,23H2,1-3H3;;/b15-11+;;. The Morgan fingerprint density at radius 3 is 2.57 bits per heavy atom. The van der Waals surface area contributed by atoms with Crippen LogP contribution in [0.5, 0.6) is 0 Å². The summed E-state index contributed by atoms with van der Waals surface area (Å²) >= 11 is 8.01. The summed E-state index contributed by atoms with van der Waals surface area (Å²) in [5.74, 6) is 1.63. The molecular weight excluding hydrogens is 573 g/mol. The Bertz CT molecular complexity index is 1580. The van der Waals surface area contributed by atoms with Gasteiger partial charge in [-0.15, -0.1) is 0 Å². The molecule has 1 aromatic heterocycles. The van der Waals surface area contributed by atoms with Gasteiger partial charge in [0.25, 0.3) is 0 Å². The molecule has 0 spiro atoms. The van der Waals surface area contributed by atoms with Crippen molar-refractivity contribution in [2.24, 2.45) is 0 Å². The molecule has 0 saturated heterocycles. The van der Waals surface area contributed by atoms with Crippen molar-refractivity contribution < 1.29 is 14.6 Å². The molecule has 1 heterocycles. The zero-order valence-corrected chi connectivity index (χ0v) is 25.3. The molecule has 5 rings (SSSR count). The molecule has 1 fully saturated rings. The first-order valence-corrected chi connectivity index (χ1v) is 15.6. The Hall–Kier alpha value is -2.12. The second kappa shape index (κ2) is 14.1. The van der Waals surface area contributed by atoms with Crippen LogP contribution in [0.3, 0.4) is 0 Å². The Balaban J connectivity index is 0.00000405. The van der Waals surface area contributed by atoms with Gasteiger partial charge in [0.1, 0.15) is 5.60 Å². The van der Waals surface area contributed by atoms with Crippen molar-refractivity contribution in [1.82, 2.24) is 4.98 Å². The van der Waals surface area contributed by atoms with Gasteiger partial charge in [-0.3, -0.25) is 4.79 Å². The molecule has 1 aliphatic carbocycles. The van der Waals surface area contributed by atoms with Crippen LogP contribution in [0.15, 0.2) is 78.9 Å². The van der Waals surface area contributed by atoms with Crippen LogP contribution < -0.4 is 0 Å². The summed E-state index contributed by atoms with van der Waals surface area (Å²) in [5, 5.41) is 12.7. The summed E-state index contributed by atoms with van der Waals surface area (Å²) in [7, 11) is 0. The summed E-state index contributed by atoms with van der Waals surface area (Å²) in [6.07, 6.45) is 6.90. The summed E-state index contributed by atoms with van der Waals surface area (Å²) in [6.45, 7) is 5.18. The number of ether oxygens (including phenoxy) is 1. The molecule has 1 saturated carbocycles. The molecule has 0 radical (unpaired) electrons. The number of rotatable bonds is 11. The van der Waals surface area contributed by atoms with E-state index in [1.54, 1.807) is 0 Å². The number of carbonyl (C=O) groups excluding carboxylic acids is 1. The second-order valence-electron chi connectivity index (χ2n) is 11.4. The second-order valence-corrected chi connectivity index (χ2v) is 12.9. The molecule has 7 heteroatoms. The summed E-state index contributed by atoms with van der Waals surface area (Å²) < 4.78 is 5.59. The van der Waals surface area contributed by atoms with Crippen molar-refractivity contribution in [3.8, 4) is 0 Å². The average Bonchev–Trinajstić information content (AvgIpc) is 3.69. The van der Waals surface area contributed by atoms with E-state index in [-0.39, 0.29) is 47.0 Å². The van der Waals surface area contributed by atoms with E-state index in [2.05, 4.69) is 42.5 Å².